The Hall–Kier alpha value is -2.97. The van der Waals surface area contributed by atoms with Crippen molar-refractivity contribution in [1.82, 2.24) is 30.6 Å². The lowest BCUT2D eigenvalue weighted by Gasteiger charge is -2.25. The average Bonchev–Trinajstić information content (AvgIpc) is 3.60. The Bertz CT molecular complexity index is 1230. The highest BCUT2D eigenvalue weighted by Crippen LogP contribution is 2.41. The van der Waals surface area contributed by atoms with E-state index in [0.29, 0.717) is 17.7 Å². The number of hydrogen-bond acceptors (Lipinski definition) is 6. The fraction of sp³-hybridized carbons (Fsp3) is 0.481. The minimum absolute atomic E-state index is 0. The van der Waals surface area contributed by atoms with Crippen LogP contribution >= 0.6 is 12.4 Å². The van der Waals surface area contributed by atoms with Crippen molar-refractivity contribution in [2.45, 2.75) is 52.6 Å². The summed E-state index contributed by atoms with van der Waals surface area (Å²) in [6.07, 6.45) is 8.06. The molecule has 2 N–H and O–H groups in total. The number of nitrogens with zero attached hydrogens (tertiary/aromatic N) is 5. The molecule has 2 saturated heterocycles. The van der Waals surface area contributed by atoms with Gasteiger partial charge in [-0.3, -0.25) is 9.78 Å². The van der Waals surface area contributed by atoms with E-state index in [-0.39, 0.29) is 23.9 Å². The van der Waals surface area contributed by atoms with Crippen molar-refractivity contribution in [1.29, 1.82) is 0 Å². The number of hydrogen-bond donors (Lipinski definition) is 2. The summed E-state index contributed by atoms with van der Waals surface area (Å²) in [5.74, 6) is -0.218. The number of aryl methyl sites for hydroxylation is 1. The number of rotatable bonds is 5. The quantitative estimate of drug-likeness (QED) is 0.541. The van der Waals surface area contributed by atoms with Crippen LogP contribution in [0.15, 0.2) is 42.9 Å². The van der Waals surface area contributed by atoms with Crippen molar-refractivity contribution in [3.8, 4) is 11.1 Å². The lowest BCUT2D eigenvalue weighted by atomic mass is 9.86. The maximum Gasteiger partial charge on any atom is 0.273 e. The minimum atomic E-state index is -0.218. The van der Waals surface area contributed by atoms with Gasteiger partial charge in [-0.15, -0.1) is 17.5 Å². The highest BCUT2D eigenvalue weighted by atomic mass is 35.5. The molecule has 1 atom stereocenters. The first kappa shape index (κ1) is 26.1. The van der Waals surface area contributed by atoms with Crippen LogP contribution in [-0.4, -0.2) is 52.1 Å². The Kier molecular flexibility index (Phi) is 7.38. The summed E-state index contributed by atoms with van der Waals surface area (Å²) in [4.78, 5) is 19.6. The van der Waals surface area contributed by atoms with Crippen molar-refractivity contribution >= 4 is 24.0 Å². The van der Waals surface area contributed by atoms with Gasteiger partial charge < -0.3 is 15.5 Å². The number of halogens is 1. The maximum absolute atomic E-state index is 12.6. The molecule has 3 aromatic rings. The van der Waals surface area contributed by atoms with E-state index in [1.165, 1.54) is 29.7 Å². The average molecular weight is 510 g/mol. The zero-order valence-electron chi connectivity index (χ0n) is 21.5. The highest BCUT2D eigenvalue weighted by Gasteiger charge is 2.40. The molecule has 1 spiro atoms. The predicted octanol–water partition coefficient (Wildman–Crippen LogP) is 3.95. The van der Waals surface area contributed by atoms with E-state index in [0.717, 1.165) is 37.3 Å². The summed E-state index contributed by atoms with van der Waals surface area (Å²) < 4.78 is 1.71. The molecule has 2 fully saturated rings. The fourth-order valence-electron chi connectivity index (χ4n) is 5.19. The van der Waals surface area contributed by atoms with Crippen LogP contribution in [0.2, 0.25) is 0 Å². The van der Waals surface area contributed by atoms with Crippen molar-refractivity contribution < 1.29 is 4.79 Å². The van der Waals surface area contributed by atoms with Crippen LogP contribution in [0.5, 0.6) is 0 Å². The normalized spacial score (nSPS) is 19.5. The van der Waals surface area contributed by atoms with Gasteiger partial charge in [-0.25, -0.2) is 4.68 Å². The molecule has 4 heterocycles. The SMILES string of the molecule is Cc1cc(-c2ccncc2N2CCC3(CCNC3)C2)ccc1CNC(=O)c1cn(C(C)(C)C)nn1.Cl. The molecule has 8 nitrogen and oxygen atoms in total. The van der Waals surface area contributed by atoms with Crippen LogP contribution in [-0.2, 0) is 12.1 Å². The van der Waals surface area contributed by atoms with Crippen LogP contribution in [0.1, 0.15) is 55.2 Å². The number of pyridine rings is 1. The number of benzene rings is 1. The van der Waals surface area contributed by atoms with Gasteiger partial charge in [0.2, 0.25) is 0 Å². The van der Waals surface area contributed by atoms with E-state index in [2.05, 4.69) is 62.0 Å². The van der Waals surface area contributed by atoms with Gasteiger partial charge >= 0.3 is 0 Å². The van der Waals surface area contributed by atoms with Gasteiger partial charge in [0.25, 0.3) is 5.91 Å². The number of carbonyl (C=O) groups is 1. The lowest BCUT2D eigenvalue weighted by Crippen LogP contribution is -2.29. The molecule has 1 unspecified atom stereocenters. The number of amides is 1. The van der Waals surface area contributed by atoms with Crippen LogP contribution in [0.25, 0.3) is 11.1 Å². The van der Waals surface area contributed by atoms with Gasteiger partial charge in [0, 0.05) is 43.4 Å². The van der Waals surface area contributed by atoms with Gasteiger partial charge in [0.05, 0.1) is 23.6 Å². The molecule has 2 aromatic heterocycles. The molecule has 2 aliphatic heterocycles. The van der Waals surface area contributed by atoms with Gasteiger partial charge in [0.1, 0.15) is 0 Å². The van der Waals surface area contributed by atoms with E-state index >= 15 is 0 Å². The van der Waals surface area contributed by atoms with Gasteiger partial charge in [0.15, 0.2) is 5.69 Å². The predicted molar refractivity (Wildman–Crippen MR) is 145 cm³/mol. The molecule has 36 heavy (non-hydrogen) atoms. The number of anilines is 1. The third kappa shape index (κ3) is 5.25. The summed E-state index contributed by atoms with van der Waals surface area (Å²) >= 11 is 0. The standard InChI is InChI=1S/C27H35N7O.ClH/c1-19-13-20(5-6-21(19)14-30-25(35)23-16-34(32-31-23)26(2,3)4)22-7-10-28-15-24(22)33-12-9-27(18-33)8-11-29-17-27;/h5-7,10,13,15-16,29H,8-9,11-12,14,17-18H2,1-4H3,(H,30,35);1H. The van der Waals surface area contributed by atoms with Crippen LogP contribution in [0.3, 0.4) is 0 Å². The summed E-state index contributed by atoms with van der Waals surface area (Å²) in [6.45, 7) is 13.0. The zero-order chi connectivity index (χ0) is 24.6. The first-order valence-corrected chi connectivity index (χ1v) is 12.4. The molecule has 0 radical (unpaired) electrons. The smallest absolute Gasteiger partial charge is 0.273 e. The van der Waals surface area contributed by atoms with Crippen molar-refractivity contribution in [2.75, 3.05) is 31.1 Å². The largest absolute Gasteiger partial charge is 0.369 e. The molecule has 2 aliphatic rings. The molecule has 5 rings (SSSR count). The van der Waals surface area contributed by atoms with E-state index in [1.807, 2.05) is 33.2 Å². The Balaban J connectivity index is 0.00000304. The molecule has 0 aliphatic carbocycles. The molecule has 1 aromatic carbocycles. The van der Waals surface area contributed by atoms with Crippen LogP contribution < -0.4 is 15.5 Å². The number of carbonyl (C=O) groups excluding carboxylic acids is 1. The molecule has 192 valence electrons. The Morgan fingerprint density at radius 3 is 2.75 bits per heavy atom. The van der Waals surface area contributed by atoms with Gasteiger partial charge in [-0.2, -0.15) is 0 Å². The number of aromatic nitrogens is 4. The molecule has 9 heteroatoms. The zero-order valence-corrected chi connectivity index (χ0v) is 22.4. The summed E-state index contributed by atoms with van der Waals surface area (Å²) in [7, 11) is 0. The Morgan fingerprint density at radius 2 is 2.06 bits per heavy atom. The highest BCUT2D eigenvalue weighted by molar-refractivity contribution is 5.91. The lowest BCUT2D eigenvalue weighted by molar-refractivity contribution is 0.0945. The molecular weight excluding hydrogens is 474 g/mol. The molecular formula is C27H36ClN7O. The molecule has 1 amide bonds. The Morgan fingerprint density at radius 1 is 1.22 bits per heavy atom. The fourth-order valence-corrected chi connectivity index (χ4v) is 5.19. The van der Waals surface area contributed by atoms with Crippen LogP contribution in [0, 0.1) is 12.3 Å². The first-order chi connectivity index (χ1) is 16.7. The van der Waals surface area contributed by atoms with E-state index in [4.69, 9.17) is 0 Å². The van der Waals surface area contributed by atoms with E-state index in [1.54, 1.807) is 10.9 Å². The second-order valence-electron chi connectivity index (χ2n) is 11.0. The summed E-state index contributed by atoms with van der Waals surface area (Å²) in [6, 6.07) is 8.57. The Labute approximate surface area is 219 Å². The van der Waals surface area contributed by atoms with E-state index < -0.39 is 0 Å². The maximum atomic E-state index is 12.6. The molecule has 0 bridgehead atoms. The summed E-state index contributed by atoms with van der Waals surface area (Å²) in [5.41, 5.74) is 6.33. The van der Waals surface area contributed by atoms with Crippen molar-refractivity contribution in [3.63, 3.8) is 0 Å². The van der Waals surface area contributed by atoms with Crippen LogP contribution in [0.4, 0.5) is 5.69 Å². The van der Waals surface area contributed by atoms with Gasteiger partial charge in [-0.1, -0.05) is 23.4 Å². The molecule has 0 saturated carbocycles. The number of nitrogens with one attached hydrogen (secondary N) is 2. The topological polar surface area (TPSA) is 88.0 Å². The second-order valence-corrected chi connectivity index (χ2v) is 11.0. The monoisotopic (exact) mass is 509 g/mol. The van der Waals surface area contributed by atoms with Gasteiger partial charge in [-0.05, 0) is 69.8 Å². The minimum Gasteiger partial charge on any atom is -0.369 e. The third-order valence-corrected chi connectivity index (χ3v) is 7.42. The summed E-state index contributed by atoms with van der Waals surface area (Å²) in [5, 5.41) is 14.6. The second kappa shape index (κ2) is 10.2. The van der Waals surface area contributed by atoms with E-state index in [9.17, 15) is 4.79 Å². The first-order valence-electron chi connectivity index (χ1n) is 12.4. The van der Waals surface area contributed by atoms with Crippen molar-refractivity contribution in [2.24, 2.45) is 5.41 Å². The van der Waals surface area contributed by atoms with Crippen molar-refractivity contribution in [3.05, 3.63) is 59.7 Å². The third-order valence-electron chi connectivity index (χ3n) is 7.42.